The second-order valence-electron chi connectivity index (χ2n) is 2.75. The largest absolute Gasteiger partial charge is 0.478 e. The number of carbonyl (C=O) groups is 1. The van der Waals surface area contributed by atoms with Gasteiger partial charge in [-0.1, -0.05) is 6.08 Å². The summed E-state index contributed by atoms with van der Waals surface area (Å²) in [6.07, 6.45) is 3.38. The summed E-state index contributed by atoms with van der Waals surface area (Å²) in [6.45, 7) is 0. The summed E-state index contributed by atoms with van der Waals surface area (Å²) in [5.74, 6) is -1.11. The maximum Gasteiger partial charge on any atom is 0.335 e. The fourth-order valence-electron chi connectivity index (χ4n) is 0.938. The summed E-state index contributed by atoms with van der Waals surface area (Å²) in [5, 5.41) is 18.9. The van der Waals surface area contributed by atoms with Crippen molar-refractivity contribution in [2.45, 2.75) is 12.1 Å². The van der Waals surface area contributed by atoms with E-state index in [4.69, 9.17) is 10.8 Å². The molecule has 0 amide bonds. The first-order valence-corrected chi connectivity index (χ1v) is 3.52. The molecule has 1 rings (SSSR count). The quantitative estimate of drug-likeness (QED) is 0.353. The number of hydrogen-bond acceptors (Lipinski definition) is 4. The van der Waals surface area contributed by atoms with Crippen LogP contribution in [-0.2, 0) is 4.79 Å². The van der Waals surface area contributed by atoms with Gasteiger partial charge in [-0.15, -0.1) is 0 Å². The Balaban J connectivity index is 2.85. The molecule has 6 heteroatoms. The van der Waals surface area contributed by atoms with Crippen molar-refractivity contribution in [3.05, 3.63) is 33.9 Å². The first-order valence-electron chi connectivity index (χ1n) is 3.52. The molecule has 0 radical (unpaired) electrons. The van der Waals surface area contributed by atoms with Crippen LogP contribution in [0.2, 0.25) is 0 Å². The van der Waals surface area contributed by atoms with Crippen LogP contribution in [0.15, 0.2) is 23.8 Å². The summed E-state index contributed by atoms with van der Waals surface area (Å²) in [4.78, 5) is 20.2. The highest BCUT2D eigenvalue weighted by Gasteiger charge is 2.36. The molecule has 1 atom stereocenters. The molecule has 0 heterocycles. The van der Waals surface area contributed by atoms with Gasteiger partial charge in [-0.05, 0) is 6.08 Å². The Morgan fingerprint density at radius 1 is 1.77 bits per heavy atom. The maximum absolute atomic E-state index is 10.4. The Morgan fingerprint density at radius 2 is 2.38 bits per heavy atom. The Morgan fingerprint density at radius 3 is 2.69 bits per heavy atom. The molecule has 0 saturated heterocycles. The number of nitrogens with two attached hydrogens (primary N) is 1. The highest BCUT2D eigenvalue weighted by Crippen LogP contribution is 2.18. The molecule has 0 spiro atoms. The molecule has 0 aliphatic heterocycles. The third kappa shape index (κ3) is 1.73. The molecule has 0 aromatic rings. The average Bonchev–Trinajstić information content (AvgIpc) is 2.04. The molecule has 0 saturated carbocycles. The number of nitrogens with zero attached hydrogens (tertiary/aromatic N) is 1. The Hall–Kier alpha value is -1.69. The lowest BCUT2D eigenvalue weighted by Gasteiger charge is -2.17. The zero-order chi connectivity index (χ0) is 10.1. The predicted octanol–water partition coefficient (Wildman–Crippen LogP) is -0.111. The van der Waals surface area contributed by atoms with Gasteiger partial charge in [0.05, 0.1) is 12.0 Å². The first-order chi connectivity index (χ1) is 5.96. The highest BCUT2D eigenvalue weighted by atomic mass is 16.6. The molecule has 3 N–H and O–H groups in total. The van der Waals surface area contributed by atoms with Crippen molar-refractivity contribution in [1.29, 1.82) is 0 Å². The number of hydrogen-bond donors (Lipinski definition) is 2. The molecule has 1 aliphatic rings. The van der Waals surface area contributed by atoms with Gasteiger partial charge >= 0.3 is 5.97 Å². The van der Waals surface area contributed by atoms with E-state index in [9.17, 15) is 14.9 Å². The van der Waals surface area contributed by atoms with Crippen molar-refractivity contribution < 1.29 is 14.8 Å². The number of nitro groups is 1. The minimum Gasteiger partial charge on any atom is -0.478 e. The van der Waals surface area contributed by atoms with Crippen LogP contribution in [-0.4, -0.2) is 21.7 Å². The van der Waals surface area contributed by atoms with Crippen molar-refractivity contribution in [2.24, 2.45) is 5.73 Å². The third-order valence-corrected chi connectivity index (χ3v) is 1.79. The Labute approximate surface area is 73.5 Å². The lowest BCUT2D eigenvalue weighted by molar-refractivity contribution is -0.553. The van der Waals surface area contributed by atoms with Crippen molar-refractivity contribution in [3.8, 4) is 0 Å². The summed E-state index contributed by atoms with van der Waals surface area (Å²) in [6, 6.07) is 0. The molecule has 13 heavy (non-hydrogen) atoms. The topological polar surface area (TPSA) is 106 Å². The van der Waals surface area contributed by atoms with Crippen molar-refractivity contribution in [3.63, 3.8) is 0 Å². The minimum absolute atomic E-state index is 0.0305. The molecule has 0 bridgehead atoms. The van der Waals surface area contributed by atoms with Crippen LogP contribution in [0.3, 0.4) is 0 Å². The maximum atomic E-state index is 10.4. The molecule has 0 aromatic heterocycles. The Kier molecular flexibility index (Phi) is 2.16. The molecule has 0 aromatic carbocycles. The summed E-state index contributed by atoms with van der Waals surface area (Å²) < 4.78 is 0. The van der Waals surface area contributed by atoms with Gasteiger partial charge in [-0.2, -0.15) is 0 Å². The highest BCUT2D eigenvalue weighted by molar-refractivity contribution is 5.90. The van der Waals surface area contributed by atoms with E-state index in [1.165, 1.54) is 6.08 Å². The fourth-order valence-corrected chi connectivity index (χ4v) is 0.938. The SMILES string of the molecule is NC1([N+](=O)[O-])C=CC(C(=O)O)=CC1. The van der Waals surface area contributed by atoms with Crippen LogP contribution in [0.5, 0.6) is 0 Å². The molecular formula is C7H8N2O4. The van der Waals surface area contributed by atoms with Gasteiger partial charge in [-0.25, -0.2) is 4.79 Å². The van der Waals surface area contributed by atoms with E-state index in [1.54, 1.807) is 0 Å². The molecular weight excluding hydrogens is 176 g/mol. The van der Waals surface area contributed by atoms with Crippen LogP contribution < -0.4 is 5.73 Å². The number of rotatable bonds is 2. The standard InChI is InChI=1S/C7H8N2O4/c8-7(9(12)13)3-1-5(2-4-7)6(10)11/h1-3H,4,8H2,(H,10,11). The van der Waals surface area contributed by atoms with E-state index < -0.39 is 16.6 Å². The van der Waals surface area contributed by atoms with Crippen molar-refractivity contribution in [2.75, 3.05) is 0 Å². The van der Waals surface area contributed by atoms with E-state index in [0.717, 1.165) is 12.2 Å². The van der Waals surface area contributed by atoms with E-state index in [-0.39, 0.29) is 12.0 Å². The van der Waals surface area contributed by atoms with Gasteiger partial charge in [0.1, 0.15) is 0 Å². The van der Waals surface area contributed by atoms with E-state index in [1.807, 2.05) is 0 Å². The van der Waals surface area contributed by atoms with Gasteiger partial charge in [-0.3, -0.25) is 15.8 Å². The van der Waals surface area contributed by atoms with Gasteiger partial charge in [0, 0.05) is 11.0 Å². The van der Waals surface area contributed by atoms with Gasteiger partial charge < -0.3 is 5.11 Å². The molecule has 1 unspecified atom stereocenters. The lowest BCUT2D eigenvalue weighted by atomic mass is 9.98. The van der Waals surface area contributed by atoms with Crippen LogP contribution in [0, 0.1) is 10.1 Å². The third-order valence-electron chi connectivity index (χ3n) is 1.79. The predicted molar refractivity (Wildman–Crippen MR) is 43.4 cm³/mol. The van der Waals surface area contributed by atoms with E-state index in [2.05, 4.69) is 0 Å². The van der Waals surface area contributed by atoms with Crippen LogP contribution in [0.1, 0.15) is 6.42 Å². The summed E-state index contributed by atoms with van der Waals surface area (Å²) >= 11 is 0. The molecule has 1 aliphatic carbocycles. The zero-order valence-electron chi connectivity index (χ0n) is 6.64. The Bertz CT molecular complexity index is 320. The van der Waals surface area contributed by atoms with Gasteiger partial charge in [0.2, 0.25) is 0 Å². The smallest absolute Gasteiger partial charge is 0.335 e. The second-order valence-corrected chi connectivity index (χ2v) is 2.75. The van der Waals surface area contributed by atoms with E-state index >= 15 is 0 Å². The van der Waals surface area contributed by atoms with Crippen LogP contribution in [0.4, 0.5) is 0 Å². The summed E-state index contributed by atoms with van der Waals surface area (Å²) in [5.41, 5.74) is 3.72. The fraction of sp³-hybridized carbons (Fsp3) is 0.286. The van der Waals surface area contributed by atoms with E-state index in [0.29, 0.717) is 0 Å². The number of carboxylic acids is 1. The first kappa shape index (κ1) is 9.40. The average molecular weight is 184 g/mol. The van der Waals surface area contributed by atoms with Crippen LogP contribution in [0.25, 0.3) is 0 Å². The number of aliphatic carboxylic acids is 1. The molecule has 6 nitrogen and oxygen atoms in total. The second kappa shape index (κ2) is 2.98. The van der Waals surface area contributed by atoms with Gasteiger partial charge in [0.25, 0.3) is 5.66 Å². The summed E-state index contributed by atoms with van der Waals surface area (Å²) in [7, 11) is 0. The molecule has 70 valence electrons. The normalized spacial score (nSPS) is 26.7. The monoisotopic (exact) mass is 184 g/mol. The molecule has 0 fully saturated rings. The zero-order valence-corrected chi connectivity index (χ0v) is 6.64. The van der Waals surface area contributed by atoms with Crippen molar-refractivity contribution >= 4 is 5.97 Å². The van der Waals surface area contributed by atoms with Gasteiger partial charge in [0.15, 0.2) is 0 Å². The number of carboxylic acid groups (broad SMARTS) is 1. The lowest BCUT2D eigenvalue weighted by Crippen LogP contribution is -2.46. The minimum atomic E-state index is -1.65. The van der Waals surface area contributed by atoms with Crippen LogP contribution >= 0.6 is 0 Å². The van der Waals surface area contributed by atoms with Crippen molar-refractivity contribution in [1.82, 2.24) is 0 Å².